The van der Waals surface area contributed by atoms with Crippen LogP contribution < -0.4 is 11.1 Å². The lowest BCUT2D eigenvalue weighted by Gasteiger charge is -2.16. The summed E-state index contributed by atoms with van der Waals surface area (Å²) in [5, 5.41) is 19.7. The van der Waals surface area contributed by atoms with Gasteiger partial charge >= 0.3 is 5.97 Å². The molecule has 43 heavy (non-hydrogen) atoms. The van der Waals surface area contributed by atoms with E-state index >= 15 is 0 Å². The second-order valence-electron chi connectivity index (χ2n) is 9.01. The number of carboxylic acid groups (broad SMARTS) is 1. The maximum Gasteiger partial charge on any atom is 0.354 e. The normalized spacial score (nSPS) is 11.1. The van der Waals surface area contributed by atoms with E-state index in [1.165, 1.54) is 40.2 Å². The monoisotopic (exact) mass is 582 g/mol. The molecule has 0 aliphatic rings. The van der Waals surface area contributed by atoms with Gasteiger partial charge in [0.1, 0.15) is 11.7 Å². The van der Waals surface area contributed by atoms with E-state index in [1.54, 1.807) is 56.3 Å². The highest BCUT2D eigenvalue weighted by Gasteiger charge is 2.27. The Kier molecular flexibility index (Phi) is 9.37. The predicted octanol–water partition coefficient (Wildman–Crippen LogP) is 1.04. The van der Waals surface area contributed by atoms with Gasteiger partial charge in [0.15, 0.2) is 5.69 Å². The van der Waals surface area contributed by atoms with E-state index < -0.39 is 29.6 Å². The fourth-order valence-corrected chi connectivity index (χ4v) is 3.88. The molecule has 15 nitrogen and oxygen atoms in total. The molecule has 0 spiro atoms. The standard InChI is InChI=1S/C19H18N6O3.C9H8N4O2/c1-12-10-15(25(24-12)19-21-8-5-9-22-19)18(28)23-14(16(26)17(20)27)11-13-6-3-2-4-7-13;1-6-5-7(8(14)15)13(12-6)9-10-3-2-4-11-9/h2-10,14H,11H2,1H3,(H2,20,27)(H,23,28);2-5H,1H3,(H,14,15). The van der Waals surface area contributed by atoms with Gasteiger partial charge < -0.3 is 16.2 Å². The zero-order valence-electron chi connectivity index (χ0n) is 23.0. The van der Waals surface area contributed by atoms with Gasteiger partial charge in [-0.05, 0) is 43.7 Å². The first-order valence-electron chi connectivity index (χ1n) is 12.7. The van der Waals surface area contributed by atoms with Crippen molar-refractivity contribution in [3.05, 3.63) is 108 Å². The Hall–Kier alpha value is -6.12. The first kappa shape index (κ1) is 29.9. The summed E-state index contributed by atoms with van der Waals surface area (Å²) in [5.74, 6) is -3.18. The number of primary amides is 1. The SMILES string of the molecule is Cc1cc(C(=O)NC(Cc2ccccc2)C(=O)C(N)=O)n(-c2ncccn2)n1.Cc1cc(C(=O)O)n(-c2ncccn2)n1. The molecule has 4 heterocycles. The van der Waals surface area contributed by atoms with E-state index in [0.29, 0.717) is 11.4 Å². The minimum Gasteiger partial charge on any atom is -0.477 e. The number of aromatic carboxylic acids is 1. The van der Waals surface area contributed by atoms with Crippen molar-refractivity contribution in [1.82, 2.24) is 44.8 Å². The van der Waals surface area contributed by atoms with Gasteiger partial charge in [0.05, 0.1) is 11.4 Å². The molecule has 15 heteroatoms. The summed E-state index contributed by atoms with van der Waals surface area (Å²) in [6.07, 6.45) is 6.24. The number of Topliss-reactive ketones (excluding diaryl/α,β-unsaturated/α-hetero) is 1. The molecule has 0 fully saturated rings. The van der Waals surface area contributed by atoms with Gasteiger partial charge in [0.25, 0.3) is 23.7 Å². The highest BCUT2D eigenvalue weighted by molar-refractivity contribution is 6.38. The number of carbonyl (C=O) groups excluding carboxylic acids is 3. The third kappa shape index (κ3) is 7.55. The number of carbonyl (C=O) groups is 4. The maximum absolute atomic E-state index is 12.8. The van der Waals surface area contributed by atoms with E-state index in [4.69, 9.17) is 10.8 Å². The Bertz CT molecular complexity index is 1740. The minimum absolute atomic E-state index is 0.0544. The van der Waals surface area contributed by atoms with Crippen molar-refractivity contribution in [2.75, 3.05) is 0 Å². The molecule has 5 aromatic rings. The van der Waals surface area contributed by atoms with Crippen LogP contribution >= 0.6 is 0 Å². The molecular formula is C28H26N10O5. The molecule has 5 rings (SSSR count). The fourth-order valence-electron chi connectivity index (χ4n) is 3.88. The smallest absolute Gasteiger partial charge is 0.354 e. The summed E-state index contributed by atoms with van der Waals surface area (Å²) >= 11 is 0. The third-order valence-electron chi connectivity index (χ3n) is 5.75. The zero-order valence-corrected chi connectivity index (χ0v) is 23.0. The van der Waals surface area contributed by atoms with Crippen LogP contribution in [0.2, 0.25) is 0 Å². The molecule has 218 valence electrons. The van der Waals surface area contributed by atoms with Gasteiger partial charge in [0, 0.05) is 31.2 Å². The van der Waals surface area contributed by atoms with E-state index in [0.717, 1.165) is 5.56 Å². The largest absolute Gasteiger partial charge is 0.477 e. The van der Waals surface area contributed by atoms with Gasteiger partial charge in [-0.15, -0.1) is 0 Å². The Morgan fingerprint density at radius 1 is 0.791 bits per heavy atom. The van der Waals surface area contributed by atoms with Crippen LogP contribution in [-0.4, -0.2) is 74.2 Å². The van der Waals surface area contributed by atoms with Crippen molar-refractivity contribution in [3.8, 4) is 11.9 Å². The molecule has 0 aliphatic heterocycles. The molecule has 4 aromatic heterocycles. The Morgan fingerprint density at radius 2 is 1.28 bits per heavy atom. The van der Waals surface area contributed by atoms with E-state index in [-0.39, 0.29) is 29.7 Å². The van der Waals surface area contributed by atoms with Crippen molar-refractivity contribution < 1.29 is 24.3 Å². The fraction of sp³-hybridized carbons (Fsp3) is 0.143. The van der Waals surface area contributed by atoms with Crippen LogP contribution in [0.15, 0.2) is 79.4 Å². The molecule has 0 saturated carbocycles. The van der Waals surface area contributed by atoms with Gasteiger partial charge in [-0.3, -0.25) is 14.4 Å². The molecule has 1 aromatic carbocycles. The number of amides is 2. The average Bonchev–Trinajstić information content (AvgIpc) is 3.61. The quantitative estimate of drug-likeness (QED) is 0.209. The van der Waals surface area contributed by atoms with Gasteiger partial charge in [-0.25, -0.2) is 24.7 Å². The number of nitrogens with zero attached hydrogens (tertiary/aromatic N) is 8. The van der Waals surface area contributed by atoms with Crippen LogP contribution in [0.4, 0.5) is 0 Å². The average molecular weight is 583 g/mol. The summed E-state index contributed by atoms with van der Waals surface area (Å²) in [6, 6.07) is 14.2. The molecule has 0 bridgehead atoms. The number of aryl methyl sites for hydroxylation is 2. The van der Waals surface area contributed by atoms with Crippen molar-refractivity contribution in [1.29, 1.82) is 0 Å². The minimum atomic E-state index is -1.11. The van der Waals surface area contributed by atoms with Crippen molar-refractivity contribution >= 4 is 23.6 Å². The maximum atomic E-state index is 12.8. The van der Waals surface area contributed by atoms with Crippen LogP contribution in [0.3, 0.4) is 0 Å². The van der Waals surface area contributed by atoms with E-state index in [9.17, 15) is 19.2 Å². The molecule has 0 aliphatic carbocycles. The molecule has 1 atom stereocenters. The number of nitrogens with two attached hydrogens (primary N) is 1. The summed E-state index contributed by atoms with van der Waals surface area (Å²) in [5.41, 5.74) is 7.30. The van der Waals surface area contributed by atoms with Crippen LogP contribution in [-0.2, 0) is 16.0 Å². The summed E-state index contributed by atoms with van der Waals surface area (Å²) in [4.78, 5) is 63.4. The van der Waals surface area contributed by atoms with Crippen molar-refractivity contribution in [2.24, 2.45) is 5.73 Å². The van der Waals surface area contributed by atoms with Gasteiger partial charge in [-0.1, -0.05) is 30.3 Å². The summed E-state index contributed by atoms with van der Waals surface area (Å²) < 4.78 is 2.48. The summed E-state index contributed by atoms with van der Waals surface area (Å²) in [6.45, 7) is 3.43. The van der Waals surface area contributed by atoms with Crippen LogP contribution in [0, 0.1) is 13.8 Å². The van der Waals surface area contributed by atoms with Gasteiger partial charge in [-0.2, -0.15) is 19.6 Å². The summed E-state index contributed by atoms with van der Waals surface area (Å²) in [7, 11) is 0. The number of ketones is 1. The number of carboxylic acids is 1. The first-order chi connectivity index (χ1) is 20.6. The van der Waals surface area contributed by atoms with Gasteiger partial charge in [0.2, 0.25) is 5.78 Å². The third-order valence-corrected chi connectivity index (χ3v) is 5.75. The second kappa shape index (κ2) is 13.5. The Balaban J connectivity index is 0.000000237. The lowest BCUT2D eigenvalue weighted by atomic mass is 10.0. The van der Waals surface area contributed by atoms with E-state index in [2.05, 4.69) is 35.5 Å². The van der Waals surface area contributed by atoms with Crippen LogP contribution in [0.25, 0.3) is 11.9 Å². The zero-order chi connectivity index (χ0) is 30.9. The highest BCUT2D eigenvalue weighted by atomic mass is 16.4. The molecule has 4 N–H and O–H groups in total. The number of hydrogen-bond donors (Lipinski definition) is 3. The second-order valence-corrected chi connectivity index (χ2v) is 9.01. The highest BCUT2D eigenvalue weighted by Crippen LogP contribution is 2.11. The number of hydrogen-bond acceptors (Lipinski definition) is 10. The van der Waals surface area contributed by atoms with Crippen molar-refractivity contribution in [3.63, 3.8) is 0 Å². The van der Waals surface area contributed by atoms with Crippen molar-refractivity contribution in [2.45, 2.75) is 26.3 Å². The van der Waals surface area contributed by atoms with Crippen LogP contribution in [0.1, 0.15) is 37.9 Å². The predicted molar refractivity (Wildman–Crippen MR) is 150 cm³/mol. The first-order valence-corrected chi connectivity index (χ1v) is 12.7. The molecule has 0 saturated heterocycles. The molecule has 2 amide bonds. The molecule has 0 radical (unpaired) electrons. The number of rotatable bonds is 9. The lowest BCUT2D eigenvalue weighted by Crippen LogP contribution is -2.47. The Morgan fingerprint density at radius 3 is 1.77 bits per heavy atom. The lowest BCUT2D eigenvalue weighted by molar-refractivity contribution is -0.137. The number of aromatic nitrogens is 8. The number of nitrogens with one attached hydrogen (secondary N) is 1. The molecular weight excluding hydrogens is 556 g/mol. The number of benzene rings is 1. The molecule has 1 unspecified atom stereocenters. The van der Waals surface area contributed by atoms with E-state index in [1.807, 2.05) is 6.07 Å². The Labute approximate surface area is 244 Å². The van der Waals surface area contributed by atoms with Crippen LogP contribution in [0.5, 0.6) is 0 Å². The topological polar surface area (TPSA) is 214 Å².